The molecule has 1 amide bonds. The minimum absolute atomic E-state index is 0.0278. The maximum Gasteiger partial charge on any atom is 0.340 e. The predicted octanol–water partition coefficient (Wildman–Crippen LogP) is -1.67. The van der Waals surface area contributed by atoms with Crippen LogP contribution < -0.4 is 17.0 Å². The Balaban J connectivity index is 2.19. The van der Waals surface area contributed by atoms with Crippen molar-refractivity contribution < 1.29 is 14.6 Å². The number of hydrogen-bond acceptors (Lipinski definition) is 9. The largest absolute Gasteiger partial charge is 0.460 e. The summed E-state index contributed by atoms with van der Waals surface area (Å²) in [6, 6.07) is -0.975. The molecular formula is C9H9N7O4S. The molecule has 0 fully saturated rings. The van der Waals surface area contributed by atoms with Gasteiger partial charge in [0.05, 0.1) is 6.61 Å². The molecule has 0 saturated carbocycles. The summed E-state index contributed by atoms with van der Waals surface area (Å²) in [5, 5.41) is 21.6. The van der Waals surface area contributed by atoms with Crippen LogP contribution >= 0.6 is 11.8 Å². The maximum atomic E-state index is 12.4. The first-order valence-corrected chi connectivity index (χ1v) is 6.54. The molecule has 5 N–H and O–H groups in total. The van der Waals surface area contributed by atoms with E-state index in [-0.39, 0.29) is 29.3 Å². The highest BCUT2D eigenvalue weighted by atomic mass is 32.2. The quantitative estimate of drug-likeness (QED) is 0.588. The SMILES string of the molecule is NC(=O)n1nc(N)c2nnn(C3=CSC(CO)O3)c(=O)c21. The molecule has 1 aliphatic heterocycles. The highest BCUT2D eigenvalue weighted by Crippen LogP contribution is 2.28. The van der Waals surface area contributed by atoms with Crippen LogP contribution in [0.2, 0.25) is 0 Å². The average Bonchev–Trinajstić information content (AvgIpc) is 3.05. The number of aliphatic hydroxyl groups excluding tert-OH is 1. The predicted molar refractivity (Wildman–Crippen MR) is 72.8 cm³/mol. The zero-order valence-electron chi connectivity index (χ0n) is 10.3. The monoisotopic (exact) mass is 311 g/mol. The highest BCUT2D eigenvalue weighted by molar-refractivity contribution is 8.03. The number of aromatic nitrogens is 5. The van der Waals surface area contributed by atoms with Crippen molar-refractivity contribution in [3.05, 3.63) is 15.8 Å². The summed E-state index contributed by atoms with van der Waals surface area (Å²) in [7, 11) is 0. The van der Waals surface area contributed by atoms with Gasteiger partial charge in [-0.3, -0.25) is 4.79 Å². The van der Waals surface area contributed by atoms with E-state index in [4.69, 9.17) is 21.3 Å². The molecule has 2 aromatic heterocycles. The van der Waals surface area contributed by atoms with E-state index in [2.05, 4.69) is 15.4 Å². The van der Waals surface area contributed by atoms with Crippen LogP contribution in [0.5, 0.6) is 0 Å². The fourth-order valence-corrected chi connectivity index (χ4v) is 2.42. The third-order valence-electron chi connectivity index (χ3n) is 2.65. The molecule has 0 aliphatic carbocycles. The lowest BCUT2D eigenvalue weighted by atomic mass is 10.4. The number of nitrogens with zero attached hydrogens (tertiary/aromatic N) is 5. The second-order valence-electron chi connectivity index (χ2n) is 3.96. The molecule has 1 unspecified atom stereocenters. The van der Waals surface area contributed by atoms with Crippen LogP contribution in [0.15, 0.2) is 10.2 Å². The maximum absolute atomic E-state index is 12.4. The van der Waals surface area contributed by atoms with Crippen LogP contribution in [0.4, 0.5) is 10.6 Å². The fraction of sp³-hybridized carbons (Fsp3) is 0.222. The molecule has 21 heavy (non-hydrogen) atoms. The van der Waals surface area contributed by atoms with Gasteiger partial charge in [-0.05, 0) is 0 Å². The molecule has 0 radical (unpaired) electrons. The topological polar surface area (TPSA) is 164 Å². The second-order valence-corrected chi connectivity index (χ2v) is 4.99. The number of carbonyl (C=O) groups excluding carboxylic acids is 1. The fourth-order valence-electron chi connectivity index (χ4n) is 1.76. The summed E-state index contributed by atoms with van der Waals surface area (Å²) >= 11 is 1.17. The van der Waals surface area contributed by atoms with Gasteiger partial charge in [-0.2, -0.15) is 4.68 Å². The third kappa shape index (κ3) is 2.00. The van der Waals surface area contributed by atoms with Gasteiger partial charge in [0, 0.05) is 5.41 Å². The van der Waals surface area contributed by atoms with E-state index >= 15 is 0 Å². The Morgan fingerprint density at radius 1 is 1.57 bits per heavy atom. The lowest BCUT2D eigenvalue weighted by Gasteiger charge is -2.09. The summed E-state index contributed by atoms with van der Waals surface area (Å²) in [5.74, 6) is -0.0567. The minimum Gasteiger partial charge on any atom is -0.460 e. The first kappa shape index (κ1) is 13.4. The second kappa shape index (κ2) is 4.75. The van der Waals surface area contributed by atoms with Gasteiger partial charge in [-0.25, -0.2) is 4.79 Å². The number of amides is 1. The van der Waals surface area contributed by atoms with E-state index in [0.717, 1.165) is 4.68 Å². The van der Waals surface area contributed by atoms with Gasteiger partial charge in [0.15, 0.2) is 22.3 Å². The number of hydrogen-bond donors (Lipinski definition) is 3. The lowest BCUT2D eigenvalue weighted by Crippen LogP contribution is -2.29. The van der Waals surface area contributed by atoms with Crippen molar-refractivity contribution in [2.24, 2.45) is 5.73 Å². The van der Waals surface area contributed by atoms with Crippen molar-refractivity contribution in [1.29, 1.82) is 0 Å². The molecule has 0 bridgehead atoms. The van der Waals surface area contributed by atoms with E-state index in [1.165, 1.54) is 17.2 Å². The molecule has 0 saturated heterocycles. The Morgan fingerprint density at radius 2 is 2.33 bits per heavy atom. The average molecular weight is 311 g/mol. The smallest absolute Gasteiger partial charge is 0.340 e. The molecule has 12 heteroatoms. The van der Waals surface area contributed by atoms with Gasteiger partial charge in [0.25, 0.3) is 0 Å². The van der Waals surface area contributed by atoms with E-state index < -0.39 is 17.0 Å². The van der Waals surface area contributed by atoms with Crippen molar-refractivity contribution >= 4 is 40.5 Å². The number of carbonyl (C=O) groups is 1. The normalized spacial score (nSPS) is 17.8. The van der Waals surface area contributed by atoms with Gasteiger partial charge in [-0.1, -0.05) is 17.0 Å². The highest BCUT2D eigenvalue weighted by Gasteiger charge is 2.25. The van der Waals surface area contributed by atoms with Crippen LogP contribution in [0.1, 0.15) is 0 Å². The molecular weight excluding hydrogens is 302 g/mol. The molecule has 110 valence electrons. The summed E-state index contributed by atoms with van der Waals surface area (Å²) < 4.78 is 6.79. The van der Waals surface area contributed by atoms with Crippen molar-refractivity contribution in [3.8, 4) is 0 Å². The molecule has 11 nitrogen and oxygen atoms in total. The van der Waals surface area contributed by atoms with E-state index in [1.54, 1.807) is 0 Å². The summed E-state index contributed by atoms with van der Waals surface area (Å²) in [4.78, 5) is 23.7. The van der Waals surface area contributed by atoms with Crippen LogP contribution in [0.3, 0.4) is 0 Å². The lowest BCUT2D eigenvalue weighted by molar-refractivity contribution is 0.149. The standard InChI is InChI=1S/C9H9N7O4S/c10-7-5-6(16(13-7)9(11)19)8(18)15(14-12-5)3-2-21-4(1-17)20-3/h2,4,17H,1H2,(H2,10,13)(H2,11,19). The number of nitrogen functional groups attached to an aromatic ring is 1. The van der Waals surface area contributed by atoms with Crippen molar-refractivity contribution in [1.82, 2.24) is 24.8 Å². The molecule has 3 heterocycles. The summed E-state index contributed by atoms with van der Waals surface area (Å²) in [5.41, 5.74) is 9.22. The number of ether oxygens (including phenoxy) is 1. The van der Waals surface area contributed by atoms with Gasteiger partial charge >= 0.3 is 11.6 Å². The van der Waals surface area contributed by atoms with Crippen LogP contribution in [-0.4, -0.2) is 48.0 Å². The van der Waals surface area contributed by atoms with Crippen LogP contribution in [0, 0.1) is 0 Å². The number of fused-ring (bicyclic) bond motifs is 1. The number of aliphatic hydroxyl groups is 1. The molecule has 1 atom stereocenters. The van der Waals surface area contributed by atoms with Gasteiger partial charge in [-0.15, -0.1) is 14.9 Å². The molecule has 3 rings (SSSR count). The Hall–Kier alpha value is -2.60. The Morgan fingerprint density at radius 3 is 2.95 bits per heavy atom. The number of primary amides is 1. The Labute approximate surface area is 120 Å². The molecule has 2 aromatic rings. The zero-order valence-corrected chi connectivity index (χ0v) is 11.1. The Kier molecular flexibility index (Phi) is 3.03. The Bertz CT molecular complexity index is 825. The first-order valence-electron chi connectivity index (χ1n) is 5.60. The number of nitrogens with two attached hydrogens (primary N) is 2. The molecule has 0 spiro atoms. The zero-order chi connectivity index (χ0) is 15.1. The third-order valence-corrected chi connectivity index (χ3v) is 3.54. The van der Waals surface area contributed by atoms with Crippen LogP contribution in [-0.2, 0) is 4.74 Å². The number of anilines is 1. The molecule has 1 aliphatic rings. The molecule has 0 aromatic carbocycles. The van der Waals surface area contributed by atoms with Crippen molar-refractivity contribution in [2.75, 3.05) is 12.3 Å². The minimum atomic E-state index is -0.975. The van der Waals surface area contributed by atoms with E-state index in [9.17, 15) is 9.59 Å². The first-order chi connectivity index (χ1) is 10.0. The van der Waals surface area contributed by atoms with E-state index in [1.807, 2.05) is 0 Å². The van der Waals surface area contributed by atoms with Gasteiger partial charge in [0.2, 0.25) is 5.88 Å². The van der Waals surface area contributed by atoms with Crippen LogP contribution in [0.25, 0.3) is 16.9 Å². The van der Waals surface area contributed by atoms with Crippen molar-refractivity contribution in [2.45, 2.75) is 5.44 Å². The summed E-state index contributed by atoms with van der Waals surface area (Å²) in [6.45, 7) is -0.235. The number of rotatable bonds is 2. The number of thioether (sulfide) groups is 1. The van der Waals surface area contributed by atoms with Gasteiger partial charge in [0.1, 0.15) is 0 Å². The van der Waals surface area contributed by atoms with Crippen molar-refractivity contribution in [3.63, 3.8) is 0 Å². The summed E-state index contributed by atoms with van der Waals surface area (Å²) in [6.07, 6.45) is 0. The van der Waals surface area contributed by atoms with Gasteiger partial charge < -0.3 is 21.3 Å². The van der Waals surface area contributed by atoms with E-state index in [0.29, 0.717) is 4.68 Å².